The van der Waals surface area contributed by atoms with E-state index >= 15 is 0 Å². The maximum Gasteiger partial charge on any atom is 0.329 e. The van der Waals surface area contributed by atoms with Gasteiger partial charge in [-0.25, -0.2) is 9.52 Å². The molecule has 9 heteroatoms. The predicted molar refractivity (Wildman–Crippen MR) is 95.1 cm³/mol. The van der Waals surface area contributed by atoms with Gasteiger partial charge in [0.05, 0.1) is 0 Å². The number of nitrogens with one attached hydrogen (secondary N) is 2. The van der Waals surface area contributed by atoms with E-state index in [-0.39, 0.29) is 31.0 Å². The summed E-state index contributed by atoms with van der Waals surface area (Å²) in [4.78, 5) is 25.7. The van der Waals surface area contributed by atoms with Gasteiger partial charge in [-0.15, -0.1) is 0 Å². The van der Waals surface area contributed by atoms with Crippen LogP contribution in [0.15, 0.2) is 0 Å². The summed E-state index contributed by atoms with van der Waals surface area (Å²) in [5.41, 5.74) is 0. The largest absolute Gasteiger partial charge is 0.340 e. The van der Waals surface area contributed by atoms with Crippen molar-refractivity contribution in [2.45, 2.75) is 58.4 Å². The molecule has 3 amide bonds. The second kappa shape index (κ2) is 8.84. The van der Waals surface area contributed by atoms with Crippen molar-refractivity contribution in [2.75, 3.05) is 26.2 Å². The molecule has 0 unspecified atom stereocenters. The van der Waals surface area contributed by atoms with Crippen molar-refractivity contribution in [2.24, 2.45) is 5.92 Å². The molecule has 0 spiro atoms. The number of carbonyl (C=O) groups is 2. The van der Waals surface area contributed by atoms with Gasteiger partial charge in [-0.2, -0.15) is 12.7 Å². The monoisotopic (exact) mass is 374 g/mol. The van der Waals surface area contributed by atoms with Crippen LogP contribution in [0.25, 0.3) is 0 Å². The van der Waals surface area contributed by atoms with Crippen molar-refractivity contribution in [3.63, 3.8) is 0 Å². The smallest absolute Gasteiger partial charge is 0.329 e. The minimum atomic E-state index is -3.88. The summed E-state index contributed by atoms with van der Waals surface area (Å²) >= 11 is 0. The molecule has 2 rings (SSSR count). The third-order valence-corrected chi connectivity index (χ3v) is 6.28. The van der Waals surface area contributed by atoms with E-state index in [1.807, 2.05) is 13.8 Å². The van der Waals surface area contributed by atoms with Crippen molar-refractivity contribution in [1.29, 1.82) is 0 Å². The predicted octanol–water partition coefficient (Wildman–Crippen LogP) is 1.05. The van der Waals surface area contributed by atoms with Crippen LogP contribution >= 0.6 is 0 Å². The Morgan fingerprint density at radius 2 is 1.52 bits per heavy atom. The van der Waals surface area contributed by atoms with Gasteiger partial charge in [0.2, 0.25) is 5.91 Å². The summed E-state index contributed by atoms with van der Waals surface area (Å²) in [7, 11) is -3.88. The molecule has 2 fully saturated rings. The average Bonchev–Trinajstić information content (AvgIpc) is 2.82. The molecule has 0 bridgehead atoms. The van der Waals surface area contributed by atoms with Crippen LogP contribution in [-0.2, 0) is 15.0 Å². The Morgan fingerprint density at radius 1 is 0.960 bits per heavy atom. The summed E-state index contributed by atoms with van der Waals surface area (Å²) in [6, 6.07) is -0.620. The number of piperazine rings is 1. The summed E-state index contributed by atoms with van der Waals surface area (Å²) < 4.78 is 28.1. The van der Waals surface area contributed by atoms with Gasteiger partial charge in [-0.3, -0.25) is 4.79 Å². The van der Waals surface area contributed by atoms with Crippen LogP contribution in [-0.4, -0.2) is 61.8 Å². The molecule has 1 aliphatic heterocycles. The molecule has 0 aromatic rings. The van der Waals surface area contributed by atoms with Crippen molar-refractivity contribution in [3.05, 3.63) is 0 Å². The van der Waals surface area contributed by atoms with Crippen molar-refractivity contribution >= 4 is 22.1 Å². The third-order valence-electron chi connectivity index (χ3n) is 4.80. The van der Waals surface area contributed by atoms with E-state index in [0.717, 1.165) is 38.5 Å². The Bertz CT molecular complexity index is 563. The Labute approximate surface area is 150 Å². The fourth-order valence-electron chi connectivity index (χ4n) is 3.33. The van der Waals surface area contributed by atoms with Gasteiger partial charge in [-0.1, -0.05) is 39.5 Å². The first kappa shape index (κ1) is 20.0. The molecule has 2 aliphatic rings. The highest BCUT2D eigenvalue weighted by Crippen LogP contribution is 2.17. The van der Waals surface area contributed by atoms with Gasteiger partial charge in [0.15, 0.2) is 0 Å². The lowest BCUT2D eigenvalue weighted by Crippen LogP contribution is -2.56. The van der Waals surface area contributed by atoms with Gasteiger partial charge < -0.3 is 10.2 Å². The second-order valence-corrected chi connectivity index (χ2v) is 8.82. The van der Waals surface area contributed by atoms with Crippen LogP contribution in [0, 0.1) is 5.92 Å². The lowest BCUT2D eigenvalue weighted by atomic mass is 10.1. The van der Waals surface area contributed by atoms with E-state index in [9.17, 15) is 18.0 Å². The molecular weight excluding hydrogens is 344 g/mol. The molecule has 1 heterocycles. The normalized spacial score (nSPS) is 21.0. The SMILES string of the molecule is CC(C)C(=O)N1CCN(S(=O)(=O)NC(=O)NC2CCCCCC2)CC1. The fourth-order valence-corrected chi connectivity index (χ4v) is 4.40. The first-order valence-corrected chi connectivity index (χ1v) is 10.6. The standard InChI is InChI=1S/C16H30N4O4S/c1-13(2)15(21)19-9-11-20(12-10-19)25(23,24)18-16(22)17-14-7-5-3-4-6-8-14/h13-14H,3-12H2,1-2H3,(H2,17,18,22). The van der Waals surface area contributed by atoms with Gasteiger partial charge in [0, 0.05) is 38.1 Å². The molecule has 8 nitrogen and oxygen atoms in total. The van der Waals surface area contributed by atoms with Crippen LogP contribution in [0.5, 0.6) is 0 Å². The maximum absolute atomic E-state index is 12.4. The van der Waals surface area contributed by atoms with Crippen molar-refractivity contribution < 1.29 is 18.0 Å². The highest BCUT2D eigenvalue weighted by atomic mass is 32.2. The van der Waals surface area contributed by atoms with E-state index in [0.29, 0.717) is 13.1 Å². The van der Waals surface area contributed by atoms with Gasteiger partial charge >= 0.3 is 16.2 Å². The molecule has 1 aliphatic carbocycles. The van der Waals surface area contributed by atoms with E-state index in [2.05, 4.69) is 10.0 Å². The number of amides is 3. The van der Waals surface area contributed by atoms with Gasteiger partial charge in [0.25, 0.3) is 0 Å². The topological polar surface area (TPSA) is 98.8 Å². The molecule has 0 aromatic heterocycles. The van der Waals surface area contributed by atoms with Crippen molar-refractivity contribution in [1.82, 2.24) is 19.2 Å². The molecule has 1 saturated heterocycles. The average molecular weight is 375 g/mol. The molecule has 144 valence electrons. The summed E-state index contributed by atoms with van der Waals surface area (Å²) in [6.45, 7) is 4.75. The van der Waals surface area contributed by atoms with E-state index in [4.69, 9.17) is 0 Å². The van der Waals surface area contributed by atoms with Crippen LogP contribution < -0.4 is 10.0 Å². The molecule has 0 aromatic carbocycles. The molecule has 1 saturated carbocycles. The van der Waals surface area contributed by atoms with Gasteiger partial charge in [-0.05, 0) is 12.8 Å². The van der Waals surface area contributed by atoms with Crippen LogP contribution in [0.2, 0.25) is 0 Å². The molecule has 2 N–H and O–H groups in total. The zero-order chi connectivity index (χ0) is 18.4. The number of hydrogen-bond donors (Lipinski definition) is 2. The first-order valence-electron chi connectivity index (χ1n) is 9.17. The number of carbonyl (C=O) groups excluding carboxylic acids is 2. The molecule has 25 heavy (non-hydrogen) atoms. The lowest BCUT2D eigenvalue weighted by Gasteiger charge is -2.34. The lowest BCUT2D eigenvalue weighted by molar-refractivity contribution is -0.135. The number of hydrogen-bond acceptors (Lipinski definition) is 4. The van der Waals surface area contributed by atoms with Crippen LogP contribution in [0.3, 0.4) is 0 Å². The summed E-state index contributed by atoms with van der Waals surface area (Å²) in [5, 5.41) is 2.78. The Balaban J connectivity index is 1.83. The highest BCUT2D eigenvalue weighted by molar-refractivity contribution is 7.87. The second-order valence-electron chi connectivity index (χ2n) is 7.15. The molecule has 0 radical (unpaired) electrons. The van der Waals surface area contributed by atoms with E-state index in [1.165, 1.54) is 4.31 Å². The minimum absolute atomic E-state index is 0.0242. The quantitative estimate of drug-likeness (QED) is 0.719. The zero-order valence-corrected chi connectivity index (χ0v) is 16.0. The number of urea groups is 1. The summed E-state index contributed by atoms with van der Waals surface area (Å²) in [5.74, 6) is -0.0808. The first-order chi connectivity index (χ1) is 11.8. The van der Waals surface area contributed by atoms with Crippen LogP contribution in [0.4, 0.5) is 4.79 Å². The third kappa shape index (κ3) is 5.85. The van der Waals surface area contributed by atoms with E-state index < -0.39 is 16.2 Å². The minimum Gasteiger partial charge on any atom is -0.340 e. The fraction of sp³-hybridized carbons (Fsp3) is 0.875. The highest BCUT2D eigenvalue weighted by Gasteiger charge is 2.31. The Hall–Kier alpha value is -1.35. The Kier molecular flexibility index (Phi) is 7.06. The number of nitrogens with zero attached hydrogens (tertiary/aromatic N) is 2. The summed E-state index contributed by atoms with van der Waals surface area (Å²) in [6.07, 6.45) is 6.23. The maximum atomic E-state index is 12.4. The zero-order valence-electron chi connectivity index (χ0n) is 15.2. The van der Waals surface area contributed by atoms with Gasteiger partial charge in [0.1, 0.15) is 0 Å². The van der Waals surface area contributed by atoms with E-state index in [1.54, 1.807) is 4.90 Å². The molecule has 0 atom stereocenters. The number of rotatable bonds is 4. The molecular formula is C16H30N4O4S. The van der Waals surface area contributed by atoms with Crippen LogP contribution in [0.1, 0.15) is 52.4 Å². The Morgan fingerprint density at radius 3 is 2.04 bits per heavy atom. The van der Waals surface area contributed by atoms with Crippen molar-refractivity contribution in [3.8, 4) is 0 Å².